The molecular formula is C28H28BrN3O2. The smallest absolute Gasteiger partial charge is 0.266 e. The van der Waals surface area contributed by atoms with Crippen LogP contribution in [0, 0.1) is 12.8 Å². The zero-order chi connectivity index (χ0) is 24.4. The summed E-state index contributed by atoms with van der Waals surface area (Å²) in [6.45, 7) is 8.62. The number of benzene rings is 3. The molecule has 0 saturated heterocycles. The van der Waals surface area contributed by atoms with Crippen LogP contribution in [0.2, 0.25) is 0 Å². The minimum absolute atomic E-state index is 0.0903. The molecule has 0 bridgehead atoms. The third-order valence-electron chi connectivity index (χ3n) is 5.91. The summed E-state index contributed by atoms with van der Waals surface area (Å²) in [5, 5.41) is 0.552. The van der Waals surface area contributed by atoms with Crippen molar-refractivity contribution in [2.75, 3.05) is 6.54 Å². The Hall–Kier alpha value is -3.25. The van der Waals surface area contributed by atoms with Crippen molar-refractivity contribution in [3.8, 4) is 5.69 Å². The molecule has 0 N–H and O–H groups in total. The van der Waals surface area contributed by atoms with Crippen molar-refractivity contribution in [3.63, 3.8) is 0 Å². The van der Waals surface area contributed by atoms with E-state index in [0.29, 0.717) is 28.8 Å². The van der Waals surface area contributed by atoms with Gasteiger partial charge >= 0.3 is 0 Å². The Labute approximate surface area is 208 Å². The Balaban J connectivity index is 1.93. The van der Waals surface area contributed by atoms with E-state index in [1.807, 2.05) is 85.5 Å². The van der Waals surface area contributed by atoms with Crippen molar-refractivity contribution in [3.05, 3.63) is 105 Å². The second kappa shape index (κ2) is 9.94. The molecule has 1 heterocycles. The summed E-state index contributed by atoms with van der Waals surface area (Å²) in [6, 6.07) is 22.0. The lowest BCUT2D eigenvalue weighted by Crippen LogP contribution is -2.39. The van der Waals surface area contributed by atoms with Gasteiger partial charge in [0.05, 0.1) is 22.6 Å². The summed E-state index contributed by atoms with van der Waals surface area (Å²) < 4.78 is 2.59. The molecule has 5 nitrogen and oxygen atoms in total. The molecule has 1 amide bonds. The highest BCUT2D eigenvalue weighted by atomic mass is 79.9. The SMILES string of the molecule is Cc1ccccc1-n1c(C(C)N(CC(C)C)C(=O)c2ccc(Br)cc2)nc2ccccc2c1=O. The van der Waals surface area contributed by atoms with Crippen LogP contribution in [0.25, 0.3) is 16.6 Å². The molecule has 0 saturated carbocycles. The number of aryl methyl sites for hydroxylation is 1. The molecule has 0 spiro atoms. The van der Waals surface area contributed by atoms with Gasteiger partial charge < -0.3 is 4.90 Å². The molecule has 0 aliphatic rings. The fourth-order valence-corrected chi connectivity index (χ4v) is 4.45. The first-order chi connectivity index (χ1) is 16.3. The van der Waals surface area contributed by atoms with Crippen molar-refractivity contribution in [1.82, 2.24) is 14.5 Å². The molecule has 1 atom stereocenters. The number of hydrogen-bond donors (Lipinski definition) is 0. The van der Waals surface area contributed by atoms with Crippen molar-refractivity contribution in [2.45, 2.75) is 33.7 Å². The van der Waals surface area contributed by atoms with E-state index < -0.39 is 6.04 Å². The molecule has 1 unspecified atom stereocenters. The van der Waals surface area contributed by atoms with E-state index in [-0.39, 0.29) is 17.4 Å². The second-order valence-electron chi connectivity index (χ2n) is 8.95. The molecule has 0 fully saturated rings. The number of carbonyl (C=O) groups excluding carboxylic acids is 1. The maximum atomic E-state index is 13.7. The number of amides is 1. The number of nitrogens with zero attached hydrogens (tertiary/aromatic N) is 3. The van der Waals surface area contributed by atoms with Crippen LogP contribution in [0.3, 0.4) is 0 Å². The van der Waals surface area contributed by atoms with E-state index in [1.165, 1.54) is 0 Å². The zero-order valence-electron chi connectivity index (χ0n) is 19.8. The van der Waals surface area contributed by atoms with Crippen LogP contribution >= 0.6 is 15.9 Å². The highest BCUT2D eigenvalue weighted by molar-refractivity contribution is 9.10. The lowest BCUT2D eigenvalue weighted by atomic mass is 10.1. The first-order valence-corrected chi connectivity index (χ1v) is 12.2. The van der Waals surface area contributed by atoms with E-state index in [4.69, 9.17) is 4.98 Å². The normalized spacial score (nSPS) is 12.2. The number of aromatic nitrogens is 2. The van der Waals surface area contributed by atoms with Gasteiger partial charge in [0, 0.05) is 16.6 Å². The third kappa shape index (κ3) is 4.68. The third-order valence-corrected chi connectivity index (χ3v) is 6.44. The average molecular weight is 518 g/mol. The highest BCUT2D eigenvalue weighted by Gasteiger charge is 2.28. The van der Waals surface area contributed by atoms with Gasteiger partial charge in [-0.2, -0.15) is 0 Å². The van der Waals surface area contributed by atoms with Crippen molar-refractivity contribution >= 4 is 32.7 Å². The number of carbonyl (C=O) groups is 1. The van der Waals surface area contributed by atoms with Gasteiger partial charge in [0.15, 0.2) is 0 Å². The largest absolute Gasteiger partial charge is 0.328 e. The fourth-order valence-electron chi connectivity index (χ4n) is 4.19. The molecule has 0 radical (unpaired) electrons. The topological polar surface area (TPSA) is 55.2 Å². The van der Waals surface area contributed by atoms with Gasteiger partial charge in [-0.05, 0) is 67.8 Å². The summed E-state index contributed by atoms with van der Waals surface area (Å²) in [7, 11) is 0. The highest BCUT2D eigenvalue weighted by Crippen LogP contribution is 2.26. The van der Waals surface area contributed by atoms with Crippen LogP contribution in [0.1, 0.15) is 48.6 Å². The number of para-hydroxylation sites is 2. The zero-order valence-corrected chi connectivity index (χ0v) is 21.4. The lowest BCUT2D eigenvalue weighted by molar-refractivity contribution is 0.0655. The molecule has 34 heavy (non-hydrogen) atoms. The lowest BCUT2D eigenvalue weighted by Gasteiger charge is -2.32. The van der Waals surface area contributed by atoms with Crippen molar-refractivity contribution < 1.29 is 4.79 Å². The van der Waals surface area contributed by atoms with Crippen LogP contribution in [-0.4, -0.2) is 26.9 Å². The molecule has 3 aromatic carbocycles. The molecule has 4 rings (SSSR count). The van der Waals surface area contributed by atoms with Gasteiger partial charge in [-0.3, -0.25) is 14.2 Å². The second-order valence-corrected chi connectivity index (χ2v) is 9.86. The van der Waals surface area contributed by atoms with E-state index in [2.05, 4.69) is 29.8 Å². The molecule has 1 aromatic heterocycles. The standard InChI is InChI=1S/C28H28BrN3O2/c1-18(2)17-31(27(33)21-13-15-22(29)16-14-21)20(4)26-30-24-11-7-6-10-23(24)28(34)32(26)25-12-8-5-9-19(25)3/h5-16,18,20H,17H2,1-4H3. The Morgan fingerprint density at radius 3 is 2.29 bits per heavy atom. The predicted octanol–water partition coefficient (Wildman–Crippen LogP) is 6.32. The summed E-state index contributed by atoms with van der Waals surface area (Å²) in [4.78, 5) is 34.2. The van der Waals surface area contributed by atoms with Crippen LogP contribution < -0.4 is 5.56 Å². The molecule has 0 aliphatic carbocycles. The Morgan fingerprint density at radius 1 is 0.971 bits per heavy atom. The molecule has 174 valence electrons. The van der Waals surface area contributed by atoms with Gasteiger partial charge in [-0.15, -0.1) is 0 Å². The predicted molar refractivity (Wildman–Crippen MR) is 141 cm³/mol. The summed E-state index contributed by atoms with van der Waals surface area (Å²) >= 11 is 3.44. The average Bonchev–Trinajstić information content (AvgIpc) is 2.83. The van der Waals surface area contributed by atoms with Crippen LogP contribution in [0.5, 0.6) is 0 Å². The maximum absolute atomic E-state index is 13.7. The van der Waals surface area contributed by atoms with E-state index >= 15 is 0 Å². The van der Waals surface area contributed by atoms with Gasteiger partial charge in [-0.25, -0.2) is 4.98 Å². The van der Waals surface area contributed by atoms with Crippen LogP contribution in [0.15, 0.2) is 82.1 Å². The van der Waals surface area contributed by atoms with E-state index in [0.717, 1.165) is 15.7 Å². The molecular weight excluding hydrogens is 490 g/mol. The van der Waals surface area contributed by atoms with Crippen LogP contribution in [-0.2, 0) is 0 Å². The van der Waals surface area contributed by atoms with E-state index in [9.17, 15) is 9.59 Å². The summed E-state index contributed by atoms with van der Waals surface area (Å²) in [5.41, 5.74) is 2.82. The molecule has 6 heteroatoms. The monoisotopic (exact) mass is 517 g/mol. The van der Waals surface area contributed by atoms with Crippen LogP contribution in [0.4, 0.5) is 0 Å². The Kier molecular flexibility index (Phi) is 6.98. The number of fused-ring (bicyclic) bond motifs is 1. The van der Waals surface area contributed by atoms with E-state index in [1.54, 1.807) is 10.6 Å². The Morgan fingerprint density at radius 2 is 1.62 bits per heavy atom. The summed E-state index contributed by atoms with van der Waals surface area (Å²) in [5.74, 6) is 0.692. The van der Waals surface area contributed by atoms with Crippen molar-refractivity contribution in [2.24, 2.45) is 5.92 Å². The quantitative estimate of drug-likeness (QED) is 0.300. The minimum atomic E-state index is -0.435. The van der Waals surface area contributed by atoms with Gasteiger partial charge in [0.2, 0.25) is 0 Å². The Bertz CT molecular complexity index is 1390. The van der Waals surface area contributed by atoms with Gasteiger partial charge in [0.1, 0.15) is 5.82 Å². The molecule has 4 aromatic rings. The van der Waals surface area contributed by atoms with Crippen molar-refractivity contribution in [1.29, 1.82) is 0 Å². The first kappa shape index (κ1) is 23.9. The van der Waals surface area contributed by atoms with Gasteiger partial charge in [0.25, 0.3) is 11.5 Å². The molecule has 0 aliphatic heterocycles. The first-order valence-electron chi connectivity index (χ1n) is 11.4. The minimum Gasteiger partial charge on any atom is -0.328 e. The number of hydrogen-bond acceptors (Lipinski definition) is 3. The fraction of sp³-hybridized carbons (Fsp3) is 0.250. The van der Waals surface area contributed by atoms with Gasteiger partial charge in [-0.1, -0.05) is 60.1 Å². The number of rotatable bonds is 6. The summed E-state index contributed by atoms with van der Waals surface area (Å²) in [6.07, 6.45) is 0. The maximum Gasteiger partial charge on any atom is 0.266 e. The number of halogens is 1.